The Morgan fingerprint density at radius 1 is 1.05 bits per heavy atom. The highest BCUT2D eigenvalue weighted by Gasteiger charge is 2.34. The Balaban J connectivity index is 1.58. The average molecular weight is 270 g/mol. The van der Waals surface area contributed by atoms with Crippen LogP contribution in [0.4, 0.5) is 18.9 Å². The fraction of sp³-hybridized carbons (Fsp3) is 0.571. The first-order valence-corrected chi connectivity index (χ1v) is 6.70. The molecule has 5 heteroatoms. The first-order valence-electron chi connectivity index (χ1n) is 6.70. The monoisotopic (exact) mass is 270 g/mol. The van der Waals surface area contributed by atoms with Gasteiger partial charge in [-0.05, 0) is 43.5 Å². The van der Waals surface area contributed by atoms with E-state index >= 15 is 0 Å². The predicted molar refractivity (Wildman–Crippen MR) is 68.1 cm³/mol. The molecule has 0 aromatic heterocycles. The summed E-state index contributed by atoms with van der Waals surface area (Å²) < 4.78 is 37.3. The van der Waals surface area contributed by atoms with Crippen molar-refractivity contribution in [3.8, 4) is 0 Å². The molecule has 0 bridgehead atoms. The van der Waals surface area contributed by atoms with Gasteiger partial charge < -0.3 is 5.32 Å². The average Bonchev–Trinajstić information content (AvgIpc) is 3.10. The molecule has 1 aliphatic heterocycles. The van der Waals surface area contributed by atoms with Crippen molar-refractivity contribution in [2.24, 2.45) is 0 Å². The molecule has 3 rings (SSSR count). The minimum absolute atomic E-state index is 0.359. The van der Waals surface area contributed by atoms with Crippen molar-refractivity contribution in [1.29, 1.82) is 0 Å². The summed E-state index contributed by atoms with van der Waals surface area (Å²) in [5.74, 6) is 0. The molecule has 2 fully saturated rings. The van der Waals surface area contributed by atoms with E-state index in [1.807, 2.05) is 0 Å². The Kier molecular flexibility index (Phi) is 3.17. The number of halogens is 3. The summed E-state index contributed by atoms with van der Waals surface area (Å²) in [5, 5.41) is 3.32. The van der Waals surface area contributed by atoms with Crippen molar-refractivity contribution in [3.05, 3.63) is 29.8 Å². The number of hydrogen-bond donors (Lipinski definition) is 1. The highest BCUT2D eigenvalue weighted by molar-refractivity contribution is 5.46. The van der Waals surface area contributed by atoms with Crippen LogP contribution in [0.1, 0.15) is 24.8 Å². The van der Waals surface area contributed by atoms with Gasteiger partial charge in [-0.3, -0.25) is 4.90 Å². The lowest BCUT2D eigenvalue weighted by Crippen LogP contribution is -2.27. The van der Waals surface area contributed by atoms with Gasteiger partial charge in [-0.2, -0.15) is 13.2 Å². The van der Waals surface area contributed by atoms with Gasteiger partial charge >= 0.3 is 6.18 Å². The van der Waals surface area contributed by atoms with Gasteiger partial charge in [0.05, 0.1) is 5.56 Å². The fourth-order valence-electron chi connectivity index (χ4n) is 2.67. The number of benzene rings is 1. The summed E-state index contributed by atoms with van der Waals surface area (Å²) in [6.45, 7) is 2.11. The molecule has 1 N–H and O–H groups in total. The molecule has 104 valence electrons. The lowest BCUT2D eigenvalue weighted by Gasteiger charge is -2.17. The number of hydrogen-bond acceptors (Lipinski definition) is 2. The number of rotatable bonds is 3. The van der Waals surface area contributed by atoms with E-state index in [1.54, 1.807) is 0 Å². The van der Waals surface area contributed by atoms with Crippen LogP contribution in [0.25, 0.3) is 0 Å². The Labute approximate surface area is 110 Å². The molecular formula is C14H17F3N2. The van der Waals surface area contributed by atoms with Crippen LogP contribution in [-0.2, 0) is 6.18 Å². The first-order chi connectivity index (χ1) is 9.02. The molecule has 1 aromatic rings. The van der Waals surface area contributed by atoms with Gasteiger partial charge in [-0.1, -0.05) is 0 Å². The van der Waals surface area contributed by atoms with E-state index in [0.29, 0.717) is 6.04 Å². The second-order valence-electron chi connectivity index (χ2n) is 5.43. The summed E-state index contributed by atoms with van der Waals surface area (Å²) in [5.41, 5.74) is 0.180. The molecule has 2 aliphatic rings. The summed E-state index contributed by atoms with van der Waals surface area (Å²) >= 11 is 0. The van der Waals surface area contributed by atoms with E-state index in [2.05, 4.69) is 10.2 Å². The number of nitrogens with one attached hydrogen (secondary N) is 1. The van der Waals surface area contributed by atoms with Gasteiger partial charge in [-0.15, -0.1) is 0 Å². The molecule has 0 amide bonds. The van der Waals surface area contributed by atoms with E-state index in [4.69, 9.17) is 0 Å². The third kappa shape index (κ3) is 3.03. The Bertz CT molecular complexity index is 437. The van der Waals surface area contributed by atoms with Crippen LogP contribution >= 0.6 is 0 Å². The number of nitrogens with zero attached hydrogens (tertiary/aromatic N) is 1. The van der Waals surface area contributed by atoms with Crippen molar-refractivity contribution in [1.82, 2.24) is 4.90 Å². The maximum atomic E-state index is 12.4. The number of anilines is 1. The topological polar surface area (TPSA) is 15.3 Å². The van der Waals surface area contributed by atoms with E-state index in [9.17, 15) is 13.2 Å². The lowest BCUT2D eigenvalue weighted by atomic mass is 10.2. The molecule has 1 aromatic carbocycles. The van der Waals surface area contributed by atoms with Crippen molar-refractivity contribution in [2.75, 3.05) is 18.4 Å². The smallest absolute Gasteiger partial charge is 0.381 e. The second kappa shape index (κ2) is 4.71. The third-order valence-electron chi connectivity index (χ3n) is 3.87. The van der Waals surface area contributed by atoms with Crippen LogP contribution in [-0.4, -0.2) is 30.1 Å². The highest BCUT2D eigenvalue weighted by Crippen LogP contribution is 2.32. The molecule has 1 unspecified atom stereocenters. The molecule has 2 nitrogen and oxygen atoms in total. The predicted octanol–water partition coefficient (Wildman–Crippen LogP) is 3.35. The highest BCUT2D eigenvalue weighted by atomic mass is 19.4. The Morgan fingerprint density at radius 3 is 2.32 bits per heavy atom. The molecule has 0 radical (unpaired) electrons. The molecular weight excluding hydrogens is 253 g/mol. The molecule has 1 atom stereocenters. The maximum absolute atomic E-state index is 12.4. The second-order valence-corrected chi connectivity index (χ2v) is 5.43. The lowest BCUT2D eigenvalue weighted by molar-refractivity contribution is -0.137. The molecule has 1 aliphatic carbocycles. The SMILES string of the molecule is FC(F)(F)c1ccc(NC2CCN(C3CC3)C2)cc1. The normalized spacial score (nSPS) is 24.7. The summed E-state index contributed by atoms with van der Waals surface area (Å²) in [4.78, 5) is 2.47. The summed E-state index contributed by atoms with van der Waals surface area (Å²) in [6, 6.07) is 6.42. The van der Waals surface area contributed by atoms with Gasteiger partial charge in [0.2, 0.25) is 0 Å². The van der Waals surface area contributed by atoms with E-state index in [1.165, 1.54) is 25.0 Å². The Hall–Kier alpha value is -1.23. The van der Waals surface area contributed by atoms with Crippen molar-refractivity contribution < 1.29 is 13.2 Å². The standard InChI is InChI=1S/C14H17F3N2/c15-14(16,17)10-1-3-11(4-2-10)18-12-7-8-19(9-12)13-5-6-13/h1-4,12-13,18H,5-9H2. The minimum atomic E-state index is -4.26. The van der Waals surface area contributed by atoms with Crippen LogP contribution < -0.4 is 5.32 Å². The van der Waals surface area contributed by atoms with Gasteiger partial charge in [0, 0.05) is 30.9 Å². The number of likely N-dealkylation sites (tertiary alicyclic amines) is 1. The summed E-state index contributed by atoms with van der Waals surface area (Å²) in [7, 11) is 0. The summed E-state index contributed by atoms with van der Waals surface area (Å²) in [6.07, 6.45) is -0.591. The maximum Gasteiger partial charge on any atom is 0.416 e. The molecule has 1 saturated heterocycles. The fourth-order valence-corrected chi connectivity index (χ4v) is 2.67. The zero-order valence-electron chi connectivity index (χ0n) is 10.6. The number of alkyl halides is 3. The molecule has 0 spiro atoms. The zero-order valence-corrected chi connectivity index (χ0v) is 10.6. The zero-order chi connectivity index (χ0) is 13.5. The van der Waals surface area contributed by atoms with Crippen LogP contribution in [0.15, 0.2) is 24.3 Å². The molecule has 19 heavy (non-hydrogen) atoms. The van der Waals surface area contributed by atoms with E-state index < -0.39 is 11.7 Å². The van der Waals surface area contributed by atoms with Gasteiger partial charge in [0.1, 0.15) is 0 Å². The molecule has 1 saturated carbocycles. The van der Waals surface area contributed by atoms with Crippen LogP contribution in [0.2, 0.25) is 0 Å². The van der Waals surface area contributed by atoms with Crippen LogP contribution in [0.3, 0.4) is 0 Å². The molecule has 1 heterocycles. The quantitative estimate of drug-likeness (QED) is 0.906. The van der Waals surface area contributed by atoms with E-state index in [-0.39, 0.29) is 0 Å². The van der Waals surface area contributed by atoms with Gasteiger partial charge in [0.15, 0.2) is 0 Å². The van der Waals surface area contributed by atoms with Crippen molar-refractivity contribution in [2.45, 2.75) is 37.5 Å². The van der Waals surface area contributed by atoms with Crippen LogP contribution in [0.5, 0.6) is 0 Å². The van der Waals surface area contributed by atoms with Crippen molar-refractivity contribution >= 4 is 5.69 Å². The minimum Gasteiger partial charge on any atom is -0.381 e. The van der Waals surface area contributed by atoms with Gasteiger partial charge in [-0.25, -0.2) is 0 Å². The van der Waals surface area contributed by atoms with Gasteiger partial charge in [0.25, 0.3) is 0 Å². The van der Waals surface area contributed by atoms with Crippen molar-refractivity contribution in [3.63, 3.8) is 0 Å². The first kappa shape index (κ1) is 12.8. The van der Waals surface area contributed by atoms with E-state index in [0.717, 1.165) is 43.4 Å². The largest absolute Gasteiger partial charge is 0.416 e. The third-order valence-corrected chi connectivity index (χ3v) is 3.87. The Morgan fingerprint density at radius 2 is 1.74 bits per heavy atom. The van der Waals surface area contributed by atoms with Crippen LogP contribution in [0, 0.1) is 0 Å².